The predicted octanol–water partition coefficient (Wildman–Crippen LogP) is 7.03. The molecule has 7 heteroatoms. The molecule has 146 valence electrons. The number of halogens is 4. The second kappa shape index (κ2) is 7.21. The maximum absolute atomic E-state index is 13.4. The van der Waals surface area contributed by atoms with Gasteiger partial charge in [-0.15, -0.1) is 0 Å². The number of benzene rings is 3. The van der Waals surface area contributed by atoms with Crippen molar-refractivity contribution in [3.63, 3.8) is 0 Å². The SMILES string of the molecule is Fc1ccc(C2=NN3[C@H](C2)c2cc(Cl)cc(Cl)c2O[C@H]3c2ccc(Cl)cc2)cc1. The fourth-order valence-electron chi connectivity index (χ4n) is 3.78. The van der Waals surface area contributed by atoms with Crippen LogP contribution in [0.3, 0.4) is 0 Å². The van der Waals surface area contributed by atoms with E-state index < -0.39 is 6.23 Å². The van der Waals surface area contributed by atoms with Crippen molar-refractivity contribution in [2.24, 2.45) is 5.10 Å². The van der Waals surface area contributed by atoms with Gasteiger partial charge >= 0.3 is 0 Å². The molecule has 0 amide bonds. The standard InChI is InChI=1S/C22H14Cl3FN2O/c23-14-5-1-13(2-6-14)22-28-20(17-9-15(24)10-18(25)21(17)29-22)11-19(27-28)12-3-7-16(26)8-4-12/h1-10,20,22H,11H2/t20-,22+/m1/s1. The summed E-state index contributed by atoms with van der Waals surface area (Å²) in [5.74, 6) is 0.323. The summed E-state index contributed by atoms with van der Waals surface area (Å²) in [4.78, 5) is 0. The third kappa shape index (κ3) is 3.35. The molecule has 0 aliphatic carbocycles. The highest BCUT2D eigenvalue weighted by Crippen LogP contribution is 2.50. The normalized spacial score (nSPS) is 20.0. The molecule has 3 aromatic carbocycles. The van der Waals surface area contributed by atoms with Crippen LogP contribution in [-0.2, 0) is 0 Å². The maximum atomic E-state index is 13.4. The van der Waals surface area contributed by atoms with Crippen molar-refractivity contribution in [2.45, 2.75) is 18.7 Å². The van der Waals surface area contributed by atoms with E-state index in [4.69, 9.17) is 44.6 Å². The van der Waals surface area contributed by atoms with E-state index in [0.717, 1.165) is 22.4 Å². The summed E-state index contributed by atoms with van der Waals surface area (Å²) in [5.41, 5.74) is 3.50. The van der Waals surface area contributed by atoms with Crippen molar-refractivity contribution in [1.29, 1.82) is 0 Å². The van der Waals surface area contributed by atoms with Gasteiger partial charge in [-0.3, -0.25) is 0 Å². The average molecular weight is 448 g/mol. The minimum absolute atomic E-state index is 0.101. The number of ether oxygens (including phenoxy) is 1. The van der Waals surface area contributed by atoms with Crippen LogP contribution in [0, 0.1) is 5.82 Å². The lowest BCUT2D eigenvalue weighted by molar-refractivity contribution is -0.0189. The molecule has 2 heterocycles. The molecule has 0 fully saturated rings. The first kappa shape index (κ1) is 18.7. The first-order chi connectivity index (χ1) is 14.0. The summed E-state index contributed by atoms with van der Waals surface area (Å²) in [5, 5.41) is 8.39. The predicted molar refractivity (Wildman–Crippen MR) is 113 cm³/mol. The minimum atomic E-state index is -0.471. The molecule has 29 heavy (non-hydrogen) atoms. The van der Waals surface area contributed by atoms with Crippen molar-refractivity contribution < 1.29 is 9.13 Å². The van der Waals surface area contributed by atoms with Crippen LogP contribution < -0.4 is 4.74 Å². The van der Waals surface area contributed by atoms with Gasteiger partial charge in [-0.05, 0) is 42.0 Å². The lowest BCUT2D eigenvalue weighted by Crippen LogP contribution is -2.33. The van der Waals surface area contributed by atoms with Crippen molar-refractivity contribution in [2.75, 3.05) is 0 Å². The zero-order valence-electron chi connectivity index (χ0n) is 14.9. The second-order valence-corrected chi connectivity index (χ2v) is 8.26. The molecule has 0 saturated heterocycles. The molecule has 2 aliphatic heterocycles. The van der Waals surface area contributed by atoms with Crippen molar-refractivity contribution in [3.8, 4) is 5.75 Å². The highest BCUT2D eigenvalue weighted by Gasteiger charge is 2.42. The van der Waals surface area contributed by atoms with E-state index in [1.807, 2.05) is 35.3 Å². The zero-order chi connectivity index (χ0) is 20.1. The number of hydrogen-bond acceptors (Lipinski definition) is 3. The van der Waals surface area contributed by atoms with Gasteiger partial charge in [0.05, 0.1) is 16.8 Å². The van der Waals surface area contributed by atoms with Crippen LogP contribution in [0.15, 0.2) is 65.8 Å². The summed E-state index contributed by atoms with van der Waals surface area (Å²) < 4.78 is 19.6. The second-order valence-electron chi connectivity index (χ2n) is 6.98. The Morgan fingerprint density at radius 1 is 0.931 bits per heavy atom. The van der Waals surface area contributed by atoms with E-state index in [1.54, 1.807) is 18.2 Å². The summed E-state index contributed by atoms with van der Waals surface area (Å²) >= 11 is 18.8. The monoisotopic (exact) mass is 446 g/mol. The Bertz CT molecular complexity index is 1120. The lowest BCUT2D eigenvalue weighted by Gasteiger charge is -2.38. The summed E-state index contributed by atoms with van der Waals surface area (Å²) in [6.07, 6.45) is 0.157. The molecule has 0 radical (unpaired) electrons. The molecular formula is C22H14Cl3FN2O. The molecule has 0 bridgehead atoms. The van der Waals surface area contributed by atoms with E-state index in [9.17, 15) is 4.39 Å². The number of nitrogens with zero attached hydrogens (tertiary/aromatic N) is 2. The van der Waals surface area contributed by atoms with E-state index in [1.165, 1.54) is 12.1 Å². The molecule has 0 N–H and O–H groups in total. The Labute approximate surface area is 182 Å². The molecule has 3 aromatic rings. The molecule has 0 aromatic heterocycles. The highest BCUT2D eigenvalue weighted by atomic mass is 35.5. The third-order valence-electron chi connectivity index (χ3n) is 5.14. The average Bonchev–Trinajstić information content (AvgIpc) is 3.14. The Kier molecular flexibility index (Phi) is 4.66. The minimum Gasteiger partial charge on any atom is -0.463 e. The molecule has 0 unspecified atom stereocenters. The Morgan fingerprint density at radius 2 is 1.66 bits per heavy atom. The molecule has 2 aliphatic rings. The van der Waals surface area contributed by atoms with Gasteiger partial charge in [0, 0.05) is 27.6 Å². The van der Waals surface area contributed by atoms with Gasteiger partial charge in [0.25, 0.3) is 0 Å². The zero-order valence-corrected chi connectivity index (χ0v) is 17.2. The van der Waals surface area contributed by atoms with Crippen molar-refractivity contribution in [1.82, 2.24) is 5.01 Å². The van der Waals surface area contributed by atoms with Crippen LogP contribution in [0.25, 0.3) is 0 Å². The molecule has 0 saturated carbocycles. The number of hydrazone groups is 1. The highest BCUT2D eigenvalue weighted by molar-refractivity contribution is 6.35. The maximum Gasteiger partial charge on any atom is 0.213 e. The van der Waals surface area contributed by atoms with E-state index in [-0.39, 0.29) is 11.9 Å². The van der Waals surface area contributed by atoms with Gasteiger partial charge in [0.2, 0.25) is 6.23 Å². The van der Waals surface area contributed by atoms with Crippen LogP contribution >= 0.6 is 34.8 Å². The number of fused-ring (bicyclic) bond motifs is 3. The van der Waals surface area contributed by atoms with Gasteiger partial charge in [-0.1, -0.05) is 59.1 Å². The fourth-order valence-corrected chi connectivity index (χ4v) is 4.46. The molecule has 3 nitrogen and oxygen atoms in total. The van der Waals surface area contributed by atoms with Gasteiger partial charge in [-0.2, -0.15) is 5.10 Å². The quantitative estimate of drug-likeness (QED) is 0.421. The Hall–Kier alpha value is -2.27. The van der Waals surface area contributed by atoms with Crippen LogP contribution in [-0.4, -0.2) is 10.7 Å². The first-order valence-electron chi connectivity index (χ1n) is 9.02. The number of hydrogen-bond donors (Lipinski definition) is 0. The van der Waals surface area contributed by atoms with Crippen molar-refractivity contribution >= 4 is 40.5 Å². The lowest BCUT2D eigenvalue weighted by atomic mass is 9.96. The van der Waals surface area contributed by atoms with Gasteiger partial charge in [-0.25, -0.2) is 9.40 Å². The van der Waals surface area contributed by atoms with Crippen LogP contribution in [0.2, 0.25) is 15.1 Å². The smallest absolute Gasteiger partial charge is 0.213 e. The fraction of sp³-hybridized carbons (Fsp3) is 0.136. The van der Waals surface area contributed by atoms with Crippen LogP contribution in [0.5, 0.6) is 5.75 Å². The Morgan fingerprint density at radius 3 is 2.38 bits per heavy atom. The molecular weight excluding hydrogens is 434 g/mol. The van der Waals surface area contributed by atoms with Gasteiger partial charge in [0.1, 0.15) is 11.6 Å². The van der Waals surface area contributed by atoms with E-state index in [0.29, 0.717) is 27.2 Å². The number of rotatable bonds is 2. The summed E-state index contributed by atoms with van der Waals surface area (Å²) in [6.45, 7) is 0. The van der Waals surface area contributed by atoms with Crippen molar-refractivity contribution in [3.05, 3.63) is 98.2 Å². The summed E-state index contributed by atoms with van der Waals surface area (Å²) in [7, 11) is 0. The topological polar surface area (TPSA) is 24.8 Å². The van der Waals surface area contributed by atoms with Crippen LogP contribution in [0.1, 0.15) is 35.4 Å². The molecule has 5 rings (SSSR count). The van der Waals surface area contributed by atoms with Crippen LogP contribution in [0.4, 0.5) is 4.39 Å². The third-order valence-corrected chi connectivity index (χ3v) is 5.89. The van der Waals surface area contributed by atoms with Gasteiger partial charge in [0.15, 0.2) is 0 Å². The van der Waals surface area contributed by atoms with Gasteiger partial charge < -0.3 is 4.74 Å². The largest absolute Gasteiger partial charge is 0.463 e. The molecule has 0 spiro atoms. The molecule has 2 atom stereocenters. The Balaban J connectivity index is 1.62. The first-order valence-corrected chi connectivity index (χ1v) is 10.2. The summed E-state index contributed by atoms with van der Waals surface area (Å²) in [6, 6.07) is 17.2. The van der Waals surface area contributed by atoms with E-state index >= 15 is 0 Å². The van der Waals surface area contributed by atoms with E-state index in [2.05, 4.69) is 0 Å².